The van der Waals surface area contributed by atoms with Crippen LogP contribution in [0.3, 0.4) is 0 Å². The zero-order valence-corrected chi connectivity index (χ0v) is 14.9. The molecule has 2 aromatic rings. The van der Waals surface area contributed by atoms with Crippen molar-refractivity contribution in [3.8, 4) is 0 Å². The zero-order chi connectivity index (χ0) is 18.4. The Morgan fingerprint density at radius 1 is 1.32 bits per heavy atom. The van der Waals surface area contributed by atoms with Gasteiger partial charge in [-0.15, -0.1) is 0 Å². The van der Waals surface area contributed by atoms with Crippen LogP contribution in [-0.4, -0.2) is 50.5 Å². The minimum atomic E-state index is -0.931. The van der Waals surface area contributed by atoms with E-state index in [9.17, 15) is 14.7 Å². The number of aromatic nitrogens is 2. The molecule has 0 aliphatic carbocycles. The monoisotopic (exact) mass is 345 g/mol. The lowest BCUT2D eigenvalue weighted by Gasteiger charge is -2.39. The summed E-state index contributed by atoms with van der Waals surface area (Å²) in [5.41, 5.74) is 1.30. The predicted molar refractivity (Wildman–Crippen MR) is 92.7 cm³/mol. The topological polar surface area (TPSA) is 84.7 Å². The second-order valence-corrected chi connectivity index (χ2v) is 7.63. The number of nitrogens with zero attached hydrogens (tertiary/aromatic N) is 3. The molecule has 0 spiro atoms. The van der Waals surface area contributed by atoms with Crippen LogP contribution in [0.5, 0.6) is 0 Å². The summed E-state index contributed by atoms with van der Waals surface area (Å²) < 4.78 is 7.17. The smallest absolute Gasteiger partial charge is 0.410 e. The van der Waals surface area contributed by atoms with Crippen LogP contribution in [0, 0.1) is 12.8 Å². The highest BCUT2D eigenvalue weighted by atomic mass is 16.6. The number of fused-ring (bicyclic) bond motifs is 1. The number of likely N-dealkylation sites (tertiary alicyclic amines) is 1. The average molecular weight is 345 g/mol. The lowest BCUT2D eigenvalue weighted by molar-refractivity contribution is -0.00382. The highest BCUT2D eigenvalue weighted by molar-refractivity contribution is 5.94. The summed E-state index contributed by atoms with van der Waals surface area (Å²) in [5, 5.41) is 14.5. The molecule has 0 atom stereocenters. The minimum absolute atomic E-state index is 0.281. The van der Waals surface area contributed by atoms with Gasteiger partial charge in [0.15, 0.2) is 0 Å². The maximum Gasteiger partial charge on any atom is 0.410 e. The number of carbonyl (C=O) groups excluding carboxylic acids is 1. The summed E-state index contributed by atoms with van der Waals surface area (Å²) in [4.78, 5) is 24.9. The number of hydrogen-bond donors (Lipinski definition) is 1. The second kappa shape index (κ2) is 6.06. The van der Waals surface area contributed by atoms with E-state index in [1.807, 2.05) is 31.6 Å². The van der Waals surface area contributed by atoms with Crippen LogP contribution in [0.15, 0.2) is 18.3 Å². The summed E-state index contributed by atoms with van der Waals surface area (Å²) in [7, 11) is 0. The second-order valence-electron chi connectivity index (χ2n) is 7.63. The van der Waals surface area contributed by atoms with Crippen molar-refractivity contribution in [2.75, 3.05) is 13.1 Å². The van der Waals surface area contributed by atoms with Gasteiger partial charge in [-0.1, -0.05) is 0 Å². The number of rotatable bonds is 3. The molecule has 3 rings (SSSR count). The lowest BCUT2D eigenvalue weighted by Crippen LogP contribution is -2.52. The Bertz CT molecular complexity index is 829. The van der Waals surface area contributed by atoms with E-state index in [0.29, 0.717) is 36.7 Å². The molecule has 25 heavy (non-hydrogen) atoms. The number of amides is 1. The number of carbonyl (C=O) groups is 2. The van der Waals surface area contributed by atoms with E-state index in [0.717, 1.165) is 10.9 Å². The van der Waals surface area contributed by atoms with E-state index >= 15 is 0 Å². The Labute approximate surface area is 146 Å². The van der Waals surface area contributed by atoms with Crippen molar-refractivity contribution in [2.24, 2.45) is 5.92 Å². The van der Waals surface area contributed by atoms with Crippen LogP contribution >= 0.6 is 0 Å². The number of ether oxygens (including phenoxy) is 1. The number of benzene rings is 1. The van der Waals surface area contributed by atoms with Crippen LogP contribution in [0.2, 0.25) is 0 Å². The Balaban J connectivity index is 1.63. The normalized spacial score (nSPS) is 15.3. The summed E-state index contributed by atoms with van der Waals surface area (Å²) >= 11 is 0. The first-order chi connectivity index (χ1) is 11.6. The first-order valence-electron chi connectivity index (χ1n) is 8.31. The van der Waals surface area contributed by atoms with Crippen molar-refractivity contribution < 1.29 is 19.4 Å². The molecule has 1 saturated heterocycles. The van der Waals surface area contributed by atoms with Crippen LogP contribution in [0.1, 0.15) is 36.7 Å². The third-order valence-corrected chi connectivity index (χ3v) is 4.18. The first-order valence-corrected chi connectivity index (χ1v) is 8.31. The van der Waals surface area contributed by atoms with Gasteiger partial charge in [0.2, 0.25) is 0 Å². The van der Waals surface area contributed by atoms with Crippen molar-refractivity contribution in [3.63, 3.8) is 0 Å². The van der Waals surface area contributed by atoms with Crippen LogP contribution in [0.25, 0.3) is 10.9 Å². The molecular formula is C18H23N3O4. The van der Waals surface area contributed by atoms with Gasteiger partial charge in [0, 0.05) is 37.1 Å². The molecule has 1 aromatic heterocycles. The van der Waals surface area contributed by atoms with Gasteiger partial charge in [0.05, 0.1) is 11.1 Å². The van der Waals surface area contributed by atoms with Gasteiger partial charge in [0.25, 0.3) is 0 Å². The molecular weight excluding hydrogens is 322 g/mol. The summed E-state index contributed by atoms with van der Waals surface area (Å²) in [6.07, 6.45) is 1.58. The standard InChI is InChI=1S/C18H23N3O4/c1-11-5-15-13(6-14(11)16(22)23)10-21(19-15)9-12-7-20(8-12)17(24)25-18(2,3)4/h5-6,10,12H,7-9H2,1-4H3,(H,22,23). The van der Waals surface area contributed by atoms with Gasteiger partial charge in [-0.2, -0.15) is 5.10 Å². The largest absolute Gasteiger partial charge is 0.478 e. The van der Waals surface area contributed by atoms with Gasteiger partial charge < -0.3 is 14.7 Å². The van der Waals surface area contributed by atoms with E-state index in [1.165, 1.54) is 0 Å². The summed E-state index contributed by atoms with van der Waals surface area (Å²) in [6.45, 7) is 9.30. The van der Waals surface area contributed by atoms with Crippen molar-refractivity contribution in [2.45, 2.75) is 39.8 Å². The van der Waals surface area contributed by atoms with E-state index in [-0.39, 0.29) is 6.09 Å². The van der Waals surface area contributed by atoms with Crippen LogP contribution in [0.4, 0.5) is 4.79 Å². The lowest BCUT2D eigenvalue weighted by atomic mass is 10.0. The number of aromatic carboxylic acids is 1. The zero-order valence-electron chi connectivity index (χ0n) is 14.9. The molecule has 1 aliphatic rings. The molecule has 2 heterocycles. The van der Waals surface area contributed by atoms with Gasteiger partial charge >= 0.3 is 12.1 Å². The fourth-order valence-electron chi connectivity index (χ4n) is 2.98. The molecule has 1 amide bonds. The molecule has 0 unspecified atom stereocenters. The summed E-state index contributed by atoms with van der Waals surface area (Å²) in [5.74, 6) is -0.610. The average Bonchev–Trinajstić information content (AvgIpc) is 2.80. The van der Waals surface area contributed by atoms with Crippen LogP contribution in [-0.2, 0) is 11.3 Å². The van der Waals surface area contributed by atoms with Crippen molar-refractivity contribution in [3.05, 3.63) is 29.5 Å². The maximum atomic E-state index is 11.9. The predicted octanol–water partition coefficient (Wildman–Crippen LogP) is 2.91. The highest BCUT2D eigenvalue weighted by Crippen LogP contribution is 2.23. The minimum Gasteiger partial charge on any atom is -0.478 e. The Hall–Kier alpha value is -2.57. The van der Waals surface area contributed by atoms with E-state index in [1.54, 1.807) is 24.0 Å². The van der Waals surface area contributed by atoms with E-state index < -0.39 is 11.6 Å². The molecule has 1 aliphatic heterocycles. The van der Waals surface area contributed by atoms with Crippen molar-refractivity contribution >= 4 is 23.0 Å². The third kappa shape index (κ3) is 3.75. The SMILES string of the molecule is Cc1cc2nn(CC3CN(C(=O)OC(C)(C)C)C3)cc2cc1C(=O)O. The molecule has 1 N–H and O–H groups in total. The van der Waals surface area contributed by atoms with Gasteiger partial charge in [0.1, 0.15) is 5.60 Å². The number of carboxylic acid groups (broad SMARTS) is 1. The molecule has 1 fully saturated rings. The van der Waals surface area contributed by atoms with Gasteiger partial charge in [-0.3, -0.25) is 4.68 Å². The van der Waals surface area contributed by atoms with Gasteiger partial charge in [-0.25, -0.2) is 9.59 Å². The molecule has 134 valence electrons. The highest BCUT2D eigenvalue weighted by Gasteiger charge is 2.33. The molecule has 0 radical (unpaired) electrons. The molecule has 1 aromatic carbocycles. The van der Waals surface area contributed by atoms with Crippen molar-refractivity contribution in [1.82, 2.24) is 14.7 Å². The third-order valence-electron chi connectivity index (χ3n) is 4.18. The quantitative estimate of drug-likeness (QED) is 0.924. The number of aryl methyl sites for hydroxylation is 1. The molecule has 0 saturated carbocycles. The van der Waals surface area contributed by atoms with E-state index in [4.69, 9.17) is 4.74 Å². The molecule has 7 heteroatoms. The molecule has 7 nitrogen and oxygen atoms in total. The fraction of sp³-hybridized carbons (Fsp3) is 0.500. The van der Waals surface area contributed by atoms with Crippen molar-refractivity contribution in [1.29, 1.82) is 0 Å². The number of hydrogen-bond acceptors (Lipinski definition) is 4. The Morgan fingerprint density at radius 2 is 2.00 bits per heavy atom. The Morgan fingerprint density at radius 3 is 2.60 bits per heavy atom. The van der Waals surface area contributed by atoms with Crippen LogP contribution < -0.4 is 0 Å². The Kier molecular flexibility index (Phi) is 4.18. The fourth-order valence-corrected chi connectivity index (χ4v) is 2.98. The summed E-state index contributed by atoms with van der Waals surface area (Å²) in [6, 6.07) is 3.45. The van der Waals surface area contributed by atoms with E-state index in [2.05, 4.69) is 5.10 Å². The maximum absolute atomic E-state index is 11.9. The first kappa shape index (κ1) is 17.3. The van der Waals surface area contributed by atoms with Gasteiger partial charge in [-0.05, 0) is 45.4 Å². The molecule has 0 bridgehead atoms. The number of carboxylic acids is 1.